The zero-order valence-corrected chi connectivity index (χ0v) is 14.6. The Morgan fingerprint density at radius 1 is 1.27 bits per heavy atom. The van der Waals surface area contributed by atoms with Crippen molar-refractivity contribution in [3.05, 3.63) is 75.0 Å². The number of hydrogen-bond donors (Lipinski definition) is 1. The lowest BCUT2D eigenvalue weighted by atomic mass is 10.0. The van der Waals surface area contributed by atoms with Crippen LogP contribution in [0.3, 0.4) is 0 Å². The zero-order chi connectivity index (χ0) is 19.1. The van der Waals surface area contributed by atoms with Crippen LogP contribution < -0.4 is 4.74 Å². The molecule has 1 heterocycles. The van der Waals surface area contributed by atoms with E-state index in [2.05, 4.69) is 0 Å². The predicted molar refractivity (Wildman–Crippen MR) is 94.3 cm³/mol. The van der Waals surface area contributed by atoms with Crippen molar-refractivity contribution < 1.29 is 19.6 Å². The van der Waals surface area contributed by atoms with E-state index in [4.69, 9.17) is 4.74 Å². The summed E-state index contributed by atoms with van der Waals surface area (Å²) in [5.74, 6) is 0.653. The Morgan fingerprint density at radius 2 is 1.92 bits per heavy atom. The summed E-state index contributed by atoms with van der Waals surface area (Å²) < 4.78 is 5.83. The van der Waals surface area contributed by atoms with E-state index in [1.54, 1.807) is 44.4 Å². The Balaban J connectivity index is 2.13. The molecule has 0 fully saturated rings. The van der Waals surface area contributed by atoms with E-state index in [9.17, 15) is 20.5 Å². The van der Waals surface area contributed by atoms with Crippen molar-refractivity contribution in [2.45, 2.75) is 25.6 Å². The summed E-state index contributed by atoms with van der Waals surface area (Å²) in [4.78, 5) is 10.5. The van der Waals surface area contributed by atoms with Gasteiger partial charge in [0.15, 0.2) is 0 Å². The average Bonchev–Trinajstić information content (AvgIpc) is 2.83. The molecule has 8 nitrogen and oxygen atoms in total. The van der Waals surface area contributed by atoms with Crippen molar-refractivity contribution in [1.82, 2.24) is 5.06 Å². The van der Waals surface area contributed by atoms with Crippen LogP contribution in [0.2, 0.25) is 0 Å². The third-order valence-corrected chi connectivity index (χ3v) is 4.81. The third-order valence-electron chi connectivity index (χ3n) is 4.81. The number of rotatable bonds is 4. The second-order valence-corrected chi connectivity index (χ2v) is 6.26. The van der Waals surface area contributed by atoms with Gasteiger partial charge in [0.2, 0.25) is 5.71 Å². The smallest absolute Gasteiger partial charge is 0.274 e. The van der Waals surface area contributed by atoms with Crippen LogP contribution in [0.1, 0.15) is 25.0 Å². The van der Waals surface area contributed by atoms with E-state index in [-0.39, 0.29) is 5.69 Å². The fourth-order valence-electron chi connectivity index (χ4n) is 3.27. The van der Waals surface area contributed by atoms with Gasteiger partial charge in [-0.3, -0.25) is 10.1 Å². The average molecular weight is 357 g/mol. The first-order valence-corrected chi connectivity index (χ1v) is 8.02. The molecular formula is C18H19N3O5. The van der Waals surface area contributed by atoms with Gasteiger partial charge in [-0.05, 0) is 37.3 Å². The van der Waals surface area contributed by atoms with Gasteiger partial charge in [0, 0.05) is 30.2 Å². The van der Waals surface area contributed by atoms with E-state index >= 15 is 0 Å². The minimum absolute atomic E-state index is 0.143. The number of hydroxylamine groups is 3. The molecule has 26 heavy (non-hydrogen) atoms. The van der Waals surface area contributed by atoms with Crippen LogP contribution in [-0.4, -0.2) is 38.8 Å². The minimum Gasteiger partial charge on any atom is -0.622 e. The SMILES string of the molecule is COc1ccc(C2=[N+]([O-])[C@](C)(c3cccc([N+](=O)[O-])c3)N(O)[C@H]2C)cc1. The summed E-state index contributed by atoms with van der Waals surface area (Å²) in [6.45, 7) is 3.24. The molecule has 0 unspecified atom stereocenters. The highest BCUT2D eigenvalue weighted by Gasteiger charge is 2.54. The molecule has 2 atom stereocenters. The van der Waals surface area contributed by atoms with E-state index in [0.717, 1.165) is 5.06 Å². The normalized spacial score (nSPS) is 23.3. The maximum atomic E-state index is 13.2. The molecule has 2 aromatic rings. The Morgan fingerprint density at radius 3 is 2.50 bits per heavy atom. The third kappa shape index (κ3) is 2.59. The van der Waals surface area contributed by atoms with Crippen LogP contribution in [0.4, 0.5) is 5.69 Å². The van der Waals surface area contributed by atoms with Crippen LogP contribution in [0.5, 0.6) is 5.75 Å². The summed E-state index contributed by atoms with van der Waals surface area (Å²) in [7, 11) is 1.55. The first kappa shape index (κ1) is 17.8. The first-order valence-electron chi connectivity index (χ1n) is 8.02. The largest absolute Gasteiger partial charge is 0.622 e. The van der Waals surface area contributed by atoms with E-state index in [1.807, 2.05) is 0 Å². The predicted octanol–water partition coefficient (Wildman–Crippen LogP) is 2.87. The van der Waals surface area contributed by atoms with Gasteiger partial charge in [-0.25, -0.2) is 0 Å². The molecule has 0 radical (unpaired) electrons. The molecule has 0 saturated heterocycles. The van der Waals surface area contributed by atoms with Crippen LogP contribution in [0, 0.1) is 15.3 Å². The van der Waals surface area contributed by atoms with Crippen molar-refractivity contribution in [2.75, 3.05) is 7.11 Å². The number of nitrogens with zero attached hydrogens (tertiary/aromatic N) is 3. The molecule has 3 rings (SSSR count). The van der Waals surface area contributed by atoms with E-state index in [0.29, 0.717) is 27.3 Å². The van der Waals surface area contributed by atoms with Gasteiger partial charge in [-0.1, -0.05) is 6.07 Å². The highest BCUT2D eigenvalue weighted by atomic mass is 16.6. The van der Waals surface area contributed by atoms with Gasteiger partial charge in [-0.2, -0.15) is 4.74 Å². The maximum absolute atomic E-state index is 13.2. The molecule has 1 N–H and O–H groups in total. The van der Waals surface area contributed by atoms with Crippen LogP contribution in [-0.2, 0) is 5.66 Å². The lowest BCUT2D eigenvalue weighted by Gasteiger charge is -2.29. The van der Waals surface area contributed by atoms with Gasteiger partial charge in [0.05, 0.1) is 12.0 Å². The van der Waals surface area contributed by atoms with E-state index < -0.39 is 16.6 Å². The molecule has 0 saturated carbocycles. The minimum atomic E-state index is -1.49. The highest BCUT2D eigenvalue weighted by Crippen LogP contribution is 2.37. The first-order chi connectivity index (χ1) is 12.3. The van der Waals surface area contributed by atoms with Crippen LogP contribution in [0.25, 0.3) is 0 Å². The van der Waals surface area contributed by atoms with E-state index in [1.165, 1.54) is 25.1 Å². The second kappa shape index (κ2) is 6.40. The summed E-state index contributed by atoms with van der Waals surface area (Å²) >= 11 is 0. The molecule has 0 amide bonds. The molecule has 2 aromatic carbocycles. The number of nitro groups is 1. The molecule has 0 aromatic heterocycles. The number of hydrogen-bond acceptors (Lipinski definition) is 6. The summed E-state index contributed by atoms with van der Waals surface area (Å²) in [6, 6.07) is 12.1. The summed E-state index contributed by atoms with van der Waals surface area (Å²) in [5, 5.41) is 35.8. The molecule has 8 heteroatoms. The standard InChI is InChI=1S/C18H19N3O5/c1-12-17(13-7-9-16(26-3)10-8-13)20(23)18(2,19(12)22)14-5-4-6-15(11-14)21(24)25/h4-12,22H,1-3H3/t12-,18+/m0/s1. The number of benzene rings is 2. The molecular weight excluding hydrogens is 338 g/mol. The number of methoxy groups -OCH3 is 1. The van der Waals surface area contributed by atoms with Gasteiger partial charge < -0.3 is 15.2 Å². The molecule has 1 aliphatic rings. The van der Waals surface area contributed by atoms with Crippen molar-refractivity contribution >= 4 is 11.4 Å². The molecule has 0 bridgehead atoms. The Hall–Kier alpha value is -2.97. The number of nitro benzene ring substituents is 1. The zero-order valence-electron chi connectivity index (χ0n) is 14.6. The molecule has 1 aliphatic heterocycles. The Bertz CT molecular complexity index is 881. The Labute approximate surface area is 150 Å². The summed E-state index contributed by atoms with van der Waals surface area (Å²) in [6.07, 6.45) is 0. The summed E-state index contributed by atoms with van der Waals surface area (Å²) in [5.41, 5.74) is -0.290. The van der Waals surface area contributed by atoms with Crippen molar-refractivity contribution in [2.24, 2.45) is 0 Å². The number of ether oxygens (including phenoxy) is 1. The van der Waals surface area contributed by atoms with Gasteiger partial charge in [0.25, 0.3) is 11.4 Å². The van der Waals surface area contributed by atoms with Crippen LogP contribution in [0.15, 0.2) is 48.5 Å². The lowest BCUT2D eigenvalue weighted by Crippen LogP contribution is -2.45. The monoisotopic (exact) mass is 357 g/mol. The van der Waals surface area contributed by atoms with Crippen molar-refractivity contribution in [1.29, 1.82) is 0 Å². The maximum Gasteiger partial charge on any atom is 0.274 e. The second-order valence-electron chi connectivity index (χ2n) is 6.26. The van der Waals surface area contributed by atoms with Crippen molar-refractivity contribution in [3.8, 4) is 5.75 Å². The van der Waals surface area contributed by atoms with Crippen LogP contribution >= 0.6 is 0 Å². The highest BCUT2D eigenvalue weighted by molar-refractivity contribution is 6.01. The van der Waals surface area contributed by atoms with Gasteiger partial charge >= 0.3 is 0 Å². The van der Waals surface area contributed by atoms with Gasteiger partial charge in [-0.15, -0.1) is 5.06 Å². The topological polar surface area (TPSA) is 102 Å². The molecule has 0 spiro atoms. The quantitative estimate of drug-likeness (QED) is 0.391. The fraction of sp³-hybridized carbons (Fsp3) is 0.278. The molecule has 136 valence electrons. The Kier molecular flexibility index (Phi) is 4.39. The fourth-order valence-corrected chi connectivity index (χ4v) is 3.27. The number of non-ortho nitro benzene ring substituents is 1. The van der Waals surface area contributed by atoms with Gasteiger partial charge in [0.1, 0.15) is 11.8 Å². The molecule has 0 aliphatic carbocycles. The lowest BCUT2D eigenvalue weighted by molar-refractivity contribution is -0.595. The van der Waals surface area contributed by atoms with Crippen molar-refractivity contribution in [3.63, 3.8) is 0 Å².